The van der Waals surface area contributed by atoms with E-state index in [1.165, 1.54) is 12.7 Å². The molecular weight excluding hydrogens is 252 g/mol. The first kappa shape index (κ1) is 12.5. The van der Waals surface area contributed by atoms with E-state index >= 15 is 0 Å². The number of nitrogen functional groups attached to an aromatic ring is 1. The minimum Gasteiger partial charge on any atom is -0.465 e. The SMILES string of the molecule is COC(=O)c1cccc(N2CCc3ccccc32)c1N. The van der Waals surface area contributed by atoms with Gasteiger partial charge in [-0.2, -0.15) is 0 Å². The molecule has 1 aliphatic rings. The number of esters is 1. The Hall–Kier alpha value is -2.49. The van der Waals surface area contributed by atoms with Gasteiger partial charge in [0, 0.05) is 12.2 Å². The Morgan fingerprint density at radius 1 is 1.15 bits per heavy atom. The third-order valence-corrected chi connectivity index (χ3v) is 3.67. The second kappa shape index (κ2) is 4.89. The van der Waals surface area contributed by atoms with E-state index < -0.39 is 5.97 Å². The number of fused-ring (bicyclic) bond motifs is 1. The number of ether oxygens (including phenoxy) is 1. The Morgan fingerprint density at radius 2 is 1.90 bits per heavy atom. The van der Waals surface area contributed by atoms with E-state index in [0.717, 1.165) is 24.3 Å². The lowest BCUT2D eigenvalue weighted by Gasteiger charge is -2.22. The second-order valence-corrected chi connectivity index (χ2v) is 4.76. The van der Waals surface area contributed by atoms with Gasteiger partial charge in [-0.15, -0.1) is 0 Å². The fraction of sp³-hybridized carbons (Fsp3) is 0.188. The molecule has 2 aromatic carbocycles. The number of para-hydroxylation sites is 2. The maximum Gasteiger partial charge on any atom is 0.340 e. The van der Waals surface area contributed by atoms with Gasteiger partial charge in [-0.05, 0) is 30.2 Å². The number of hydrogen-bond acceptors (Lipinski definition) is 4. The van der Waals surface area contributed by atoms with Crippen molar-refractivity contribution in [2.75, 3.05) is 24.3 Å². The van der Waals surface area contributed by atoms with Crippen LogP contribution in [0.2, 0.25) is 0 Å². The van der Waals surface area contributed by atoms with Crippen molar-refractivity contribution >= 4 is 23.0 Å². The number of hydrogen-bond donors (Lipinski definition) is 1. The molecule has 2 aromatic rings. The number of nitrogens with zero attached hydrogens (tertiary/aromatic N) is 1. The first-order valence-corrected chi connectivity index (χ1v) is 6.54. The number of carbonyl (C=O) groups excluding carboxylic acids is 1. The average molecular weight is 268 g/mol. The Morgan fingerprint density at radius 3 is 2.70 bits per heavy atom. The summed E-state index contributed by atoms with van der Waals surface area (Å²) in [5.74, 6) is -0.406. The molecule has 0 unspecified atom stereocenters. The highest BCUT2D eigenvalue weighted by Crippen LogP contribution is 2.38. The van der Waals surface area contributed by atoms with Crippen LogP contribution in [0.15, 0.2) is 42.5 Å². The summed E-state index contributed by atoms with van der Waals surface area (Å²) in [5.41, 5.74) is 10.3. The zero-order valence-corrected chi connectivity index (χ0v) is 11.3. The summed E-state index contributed by atoms with van der Waals surface area (Å²) >= 11 is 0. The molecule has 2 N–H and O–H groups in total. The van der Waals surface area contributed by atoms with Crippen molar-refractivity contribution in [2.45, 2.75) is 6.42 Å². The minimum atomic E-state index is -0.406. The fourth-order valence-electron chi connectivity index (χ4n) is 2.66. The van der Waals surface area contributed by atoms with Crippen molar-refractivity contribution in [3.8, 4) is 0 Å². The summed E-state index contributed by atoms with van der Waals surface area (Å²) in [7, 11) is 1.36. The van der Waals surface area contributed by atoms with Crippen LogP contribution in [0.3, 0.4) is 0 Å². The van der Waals surface area contributed by atoms with E-state index in [2.05, 4.69) is 17.0 Å². The molecule has 4 nitrogen and oxygen atoms in total. The lowest BCUT2D eigenvalue weighted by atomic mass is 10.1. The van der Waals surface area contributed by atoms with Gasteiger partial charge in [0.2, 0.25) is 0 Å². The number of methoxy groups -OCH3 is 1. The number of anilines is 3. The Kier molecular flexibility index (Phi) is 3.06. The molecular formula is C16H16N2O2. The second-order valence-electron chi connectivity index (χ2n) is 4.76. The first-order valence-electron chi connectivity index (χ1n) is 6.54. The Bertz CT molecular complexity index is 667. The molecule has 0 fully saturated rings. The molecule has 0 saturated heterocycles. The third kappa shape index (κ3) is 1.90. The minimum absolute atomic E-state index is 0.406. The van der Waals surface area contributed by atoms with Gasteiger partial charge in [0.05, 0.1) is 24.0 Å². The summed E-state index contributed by atoms with van der Waals surface area (Å²) in [6.07, 6.45) is 0.984. The zero-order valence-electron chi connectivity index (χ0n) is 11.3. The number of rotatable bonds is 2. The molecule has 0 radical (unpaired) electrons. The van der Waals surface area contributed by atoms with E-state index in [0.29, 0.717) is 11.3 Å². The Labute approximate surface area is 117 Å². The van der Waals surface area contributed by atoms with Crippen molar-refractivity contribution in [3.63, 3.8) is 0 Å². The zero-order chi connectivity index (χ0) is 14.1. The van der Waals surface area contributed by atoms with E-state index in [1.807, 2.05) is 24.3 Å². The predicted molar refractivity (Wildman–Crippen MR) is 79.3 cm³/mol. The number of carbonyl (C=O) groups is 1. The van der Waals surface area contributed by atoms with Crippen LogP contribution in [0, 0.1) is 0 Å². The highest BCUT2D eigenvalue weighted by Gasteiger charge is 2.23. The molecule has 0 aliphatic carbocycles. The van der Waals surface area contributed by atoms with Crippen LogP contribution in [0.25, 0.3) is 0 Å². The molecule has 4 heteroatoms. The predicted octanol–water partition coefficient (Wildman–Crippen LogP) is 2.75. The molecule has 0 bridgehead atoms. The van der Waals surface area contributed by atoms with Crippen molar-refractivity contribution < 1.29 is 9.53 Å². The van der Waals surface area contributed by atoms with Gasteiger partial charge in [0.1, 0.15) is 0 Å². The van der Waals surface area contributed by atoms with Gasteiger partial charge < -0.3 is 15.4 Å². The molecule has 20 heavy (non-hydrogen) atoms. The maximum absolute atomic E-state index is 11.7. The molecule has 0 atom stereocenters. The number of benzene rings is 2. The van der Waals surface area contributed by atoms with Crippen LogP contribution in [-0.4, -0.2) is 19.6 Å². The van der Waals surface area contributed by atoms with Gasteiger partial charge in [0.15, 0.2) is 0 Å². The monoisotopic (exact) mass is 268 g/mol. The lowest BCUT2D eigenvalue weighted by Crippen LogP contribution is -2.17. The highest BCUT2D eigenvalue weighted by molar-refractivity contribution is 5.99. The quantitative estimate of drug-likeness (QED) is 0.672. The maximum atomic E-state index is 11.7. The van der Waals surface area contributed by atoms with E-state index in [4.69, 9.17) is 10.5 Å². The molecule has 0 amide bonds. The van der Waals surface area contributed by atoms with Crippen LogP contribution in [0.4, 0.5) is 17.1 Å². The largest absolute Gasteiger partial charge is 0.465 e. The summed E-state index contributed by atoms with van der Waals surface area (Å²) in [6, 6.07) is 13.7. The molecule has 0 spiro atoms. The van der Waals surface area contributed by atoms with Crippen LogP contribution >= 0.6 is 0 Å². The lowest BCUT2D eigenvalue weighted by molar-refractivity contribution is 0.0602. The van der Waals surface area contributed by atoms with Gasteiger partial charge in [-0.25, -0.2) is 4.79 Å². The third-order valence-electron chi connectivity index (χ3n) is 3.67. The van der Waals surface area contributed by atoms with Gasteiger partial charge in [0.25, 0.3) is 0 Å². The molecule has 1 aliphatic heterocycles. The summed E-state index contributed by atoms with van der Waals surface area (Å²) in [5, 5.41) is 0. The van der Waals surface area contributed by atoms with E-state index in [1.54, 1.807) is 6.07 Å². The van der Waals surface area contributed by atoms with Crippen LogP contribution in [0.5, 0.6) is 0 Å². The molecule has 0 saturated carbocycles. The van der Waals surface area contributed by atoms with Gasteiger partial charge >= 0.3 is 5.97 Å². The summed E-state index contributed by atoms with van der Waals surface area (Å²) in [4.78, 5) is 13.9. The van der Waals surface area contributed by atoms with Gasteiger partial charge in [-0.3, -0.25) is 0 Å². The van der Waals surface area contributed by atoms with Crippen molar-refractivity contribution in [1.29, 1.82) is 0 Å². The average Bonchev–Trinajstić information content (AvgIpc) is 2.90. The van der Waals surface area contributed by atoms with E-state index in [-0.39, 0.29) is 0 Å². The smallest absolute Gasteiger partial charge is 0.340 e. The van der Waals surface area contributed by atoms with Crippen molar-refractivity contribution in [2.24, 2.45) is 0 Å². The van der Waals surface area contributed by atoms with E-state index in [9.17, 15) is 4.79 Å². The topological polar surface area (TPSA) is 55.6 Å². The normalized spacial score (nSPS) is 13.2. The summed E-state index contributed by atoms with van der Waals surface area (Å²) in [6.45, 7) is 0.869. The summed E-state index contributed by atoms with van der Waals surface area (Å²) < 4.78 is 4.77. The van der Waals surface area contributed by atoms with Crippen molar-refractivity contribution in [3.05, 3.63) is 53.6 Å². The van der Waals surface area contributed by atoms with Crippen LogP contribution < -0.4 is 10.6 Å². The van der Waals surface area contributed by atoms with Gasteiger partial charge in [-0.1, -0.05) is 24.3 Å². The standard InChI is InChI=1S/C16H16N2O2/c1-20-16(19)12-6-4-8-14(15(12)17)18-10-9-11-5-2-3-7-13(11)18/h2-8H,9-10,17H2,1H3. The number of nitrogens with two attached hydrogens (primary N) is 1. The molecule has 3 rings (SSSR count). The van der Waals surface area contributed by atoms with Crippen LogP contribution in [-0.2, 0) is 11.2 Å². The Balaban J connectivity index is 2.06. The van der Waals surface area contributed by atoms with Crippen LogP contribution in [0.1, 0.15) is 15.9 Å². The highest BCUT2D eigenvalue weighted by atomic mass is 16.5. The molecule has 1 heterocycles. The molecule has 0 aromatic heterocycles. The molecule has 102 valence electrons. The fourth-order valence-corrected chi connectivity index (χ4v) is 2.66. The van der Waals surface area contributed by atoms with Crippen molar-refractivity contribution in [1.82, 2.24) is 0 Å². The first-order chi connectivity index (χ1) is 9.72.